The third-order valence-corrected chi connectivity index (χ3v) is 2.23. The zero-order chi connectivity index (χ0) is 16.0. The first kappa shape index (κ1) is 20.2. The average molecular weight is 276 g/mol. The van der Waals surface area contributed by atoms with Crippen molar-refractivity contribution >= 4 is 5.78 Å². The molecule has 0 aromatic rings. The number of carbonyl (C=O) groups excluding carboxylic acids is 1. The van der Waals surface area contributed by atoms with Crippen molar-refractivity contribution in [2.24, 2.45) is 0 Å². The van der Waals surface area contributed by atoms with Crippen LogP contribution in [0.3, 0.4) is 0 Å². The zero-order valence-corrected chi connectivity index (χ0v) is 12.7. The van der Waals surface area contributed by atoms with Gasteiger partial charge in [0.15, 0.2) is 5.78 Å². The summed E-state index contributed by atoms with van der Waals surface area (Å²) >= 11 is 0. The Balaban J connectivity index is 0. The Bertz CT molecular complexity index is 435. The number of aliphatic hydroxyl groups excluding tert-OH is 1. The van der Waals surface area contributed by atoms with Gasteiger partial charge in [-0.05, 0) is 26.0 Å². The fourth-order valence-electron chi connectivity index (χ4n) is 1.16. The molecule has 0 fully saturated rings. The molecule has 0 saturated heterocycles. The van der Waals surface area contributed by atoms with E-state index in [1.165, 1.54) is 7.11 Å². The zero-order valence-electron chi connectivity index (χ0n) is 12.7. The molecule has 0 aliphatic rings. The summed E-state index contributed by atoms with van der Waals surface area (Å²) in [5, 5.41) is 7.00. The van der Waals surface area contributed by atoms with Crippen LogP contribution in [0.4, 0.5) is 0 Å². The maximum Gasteiger partial charge on any atom is 0.192 e. The van der Waals surface area contributed by atoms with Gasteiger partial charge in [0.05, 0.1) is 7.11 Å². The van der Waals surface area contributed by atoms with E-state index in [1.54, 1.807) is 36.5 Å². The summed E-state index contributed by atoms with van der Waals surface area (Å²) in [6.07, 6.45) is 12.0. The molecule has 3 nitrogen and oxygen atoms in total. The van der Waals surface area contributed by atoms with E-state index in [2.05, 4.69) is 13.2 Å². The summed E-state index contributed by atoms with van der Waals surface area (Å²) in [5.74, 6) is 0.422. The van der Waals surface area contributed by atoms with Crippen molar-refractivity contribution in [3.05, 3.63) is 72.6 Å². The molecule has 0 atom stereocenters. The van der Waals surface area contributed by atoms with E-state index in [0.29, 0.717) is 16.9 Å². The molecule has 1 N–H and O–H groups in total. The number of rotatable bonds is 7. The Labute approximate surface area is 122 Å². The average Bonchev–Trinajstić information content (AvgIpc) is 2.50. The highest BCUT2D eigenvalue weighted by atomic mass is 16.5. The highest BCUT2D eigenvalue weighted by molar-refractivity contribution is 6.11. The third kappa shape index (κ3) is 8.06. The predicted molar refractivity (Wildman–Crippen MR) is 85.3 cm³/mol. The van der Waals surface area contributed by atoms with Crippen molar-refractivity contribution < 1.29 is 14.6 Å². The van der Waals surface area contributed by atoms with E-state index < -0.39 is 0 Å². The Morgan fingerprint density at radius 2 is 1.75 bits per heavy atom. The van der Waals surface area contributed by atoms with Crippen LogP contribution >= 0.6 is 0 Å². The molecule has 0 unspecified atom stereocenters. The number of aliphatic hydroxyl groups is 1. The van der Waals surface area contributed by atoms with Crippen LogP contribution in [0.5, 0.6) is 0 Å². The highest BCUT2D eigenvalue weighted by Crippen LogP contribution is 2.10. The van der Waals surface area contributed by atoms with Gasteiger partial charge in [-0.3, -0.25) is 4.79 Å². The minimum Gasteiger partial charge on any atom is -0.497 e. The van der Waals surface area contributed by atoms with Crippen LogP contribution in [-0.2, 0) is 9.53 Å². The van der Waals surface area contributed by atoms with Gasteiger partial charge in [-0.1, -0.05) is 43.5 Å². The molecule has 0 amide bonds. The van der Waals surface area contributed by atoms with Crippen LogP contribution in [0, 0.1) is 0 Å². The second-order valence-electron chi connectivity index (χ2n) is 3.43. The molecule has 0 aromatic carbocycles. The van der Waals surface area contributed by atoms with Crippen molar-refractivity contribution in [2.45, 2.75) is 13.8 Å². The minimum absolute atomic E-state index is 0.0780. The lowest BCUT2D eigenvalue weighted by Crippen LogP contribution is -2.02. The van der Waals surface area contributed by atoms with Crippen LogP contribution in [-0.4, -0.2) is 25.1 Å². The molecular weight excluding hydrogens is 252 g/mol. The van der Waals surface area contributed by atoms with Gasteiger partial charge in [0.25, 0.3) is 0 Å². The van der Waals surface area contributed by atoms with Gasteiger partial charge in [0.2, 0.25) is 0 Å². The molecule has 0 aromatic heterocycles. The lowest BCUT2D eigenvalue weighted by molar-refractivity contribution is -0.111. The molecule has 0 saturated carbocycles. The second-order valence-corrected chi connectivity index (χ2v) is 3.43. The Morgan fingerprint density at radius 3 is 2.15 bits per heavy atom. The van der Waals surface area contributed by atoms with Gasteiger partial charge in [-0.25, -0.2) is 0 Å². The third-order valence-electron chi connectivity index (χ3n) is 2.23. The van der Waals surface area contributed by atoms with Crippen LogP contribution in [0.25, 0.3) is 0 Å². The van der Waals surface area contributed by atoms with Crippen molar-refractivity contribution in [2.75, 3.05) is 14.2 Å². The van der Waals surface area contributed by atoms with E-state index in [9.17, 15) is 4.79 Å². The Hall–Kier alpha value is -2.13. The molecule has 0 spiro atoms. The van der Waals surface area contributed by atoms with Crippen molar-refractivity contribution in [3.8, 4) is 0 Å². The number of allylic oxidation sites excluding steroid dienone is 9. The molecule has 0 heterocycles. The van der Waals surface area contributed by atoms with Gasteiger partial charge in [0.1, 0.15) is 5.76 Å². The summed E-state index contributed by atoms with van der Waals surface area (Å²) in [5.41, 5.74) is 1.12. The number of ketones is 1. The lowest BCUT2D eigenvalue weighted by Gasteiger charge is -2.02. The number of ether oxygens (including phenoxy) is 1. The Morgan fingerprint density at radius 1 is 1.15 bits per heavy atom. The maximum absolute atomic E-state index is 12.1. The first-order valence-corrected chi connectivity index (χ1v) is 6.12. The summed E-state index contributed by atoms with van der Waals surface area (Å²) in [6, 6.07) is 0. The van der Waals surface area contributed by atoms with Gasteiger partial charge < -0.3 is 9.84 Å². The monoisotopic (exact) mass is 276 g/mol. The smallest absolute Gasteiger partial charge is 0.192 e. The number of carbonyl (C=O) groups is 1. The SMILES string of the molecule is C=C/C(=C\C=C/C)C(=O)C(/C=C\C(=C)OC)=C/C.CO. The molecule has 110 valence electrons. The molecular formula is C17H24O3. The first-order chi connectivity index (χ1) is 9.60. The van der Waals surface area contributed by atoms with Crippen molar-refractivity contribution in [1.82, 2.24) is 0 Å². The summed E-state index contributed by atoms with van der Waals surface area (Å²) in [6.45, 7) is 11.0. The number of methoxy groups -OCH3 is 1. The van der Waals surface area contributed by atoms with E-state index >= 15 is 0 Å². The number of hydrogen-bond donors (Lipinski definition) is 1. The van der Waals surface area contributed by atoms with Gasteiger partial charge in [0, 0.05) is 18.3 Å². The van der Waals surface area contributed by atoms with Crippen LogP contribution in [0.1, 0.15) is 13.8 Å². The van der Waals surface area contributed by atoms with E-state index in [-0.39, 0.29) is 5.78 Å². The Kier molecular flexibility index (Phi) is 13.4. The standard InChI is InChI=1S/C16H20O2.CH4O/c1-6-9-10-14(7-2)16(17)15(8-3)12-11-13(4)18-5;1-2/h6-12H,2,4H2,1,3,5H3;2H,1H3/b9-6-,12-11-,14-10+,15-8+;. The van der Waals surface area contributed by atoms with E-state index in [4.69, 9.17) is 9.84 Å². The quantitative estimate of drug-likeness (QED) is 0.439. The number of hydrogen-bond acceptors (Lipinski definition) is 3. The molecule has 3 heteroatoms. The minimum atomic E-state index is -0.0780. The first-order valence-electron chi connectivity index (χ1n) is 6.12. The molecule has 0 radical (unpaired) electrons. The fraction of sp³-hybridized carbons (Fsp3) is 0.235. The van der Waals surface area contributed by atoms with Gasteiger partial charge in [-0.15, -0.1) is 0 Å². The number of Topliss-reactive ketones (excluding diaryl/α,β-unsaturated/α-hetero) is 1. The van der Waals surface area contributed by atoms with Gasteiger partial charge >= 0.3 is 0 Å². The fourth-order valence-corrected chi connectivity index (χ4v) is 1.16. The van der Waals surface area contributed by atoms with E-state index in [1.807, 2.05) is 19.9 Å². The topological polar surface area (TPSA) is 46.5 Å². The van der Waals surface area contributed by atoms with Gasteiger partial charge in [-0.2, -0.15) is 0 Å². The van der Waals surface area contributed by atoms with E-state index in [0.717, 1.165) is 7.11 Å². The highest BCUT2D eigenvalue weighted by Gasteiger charge is 2.08. The van der Waals surface area contributed by atoms with Crippen molar-refractivity contribution in [1.29, 1.82) is 0 Å². The van der Waals surface area contributed by atoms with Crippen LogP contribution in [0.15, 0.2) is 72.6 Å². The maximum atomic E-state index is 12.1. The second kappa shape index (κ2) is 13.3. The summed E-state index contributed by atoms with van der Waals surface area (Å²) in [4.78, 5) is 12.1. The molecule has 0 aliphatic heterocycles. The molecule has 0 aliphatic carbocycles. The summed E-state index contributed by atoms with van der Waals surface area (Å²) in [7, 11) is 2.53. The largest absolute Gasteiger partial charge is 0.497 e. The normalized spacial score (nSPS) is 12.1. The van der Waals surface area contributed by atoms with Crippen molar-refractivity contribution in [3.63, 3.8) is 0 Å². The lowest BCUT2D eigenvalue weighted by atomic mass is 10.0. The van der Waals surface area contributed by atoms with Crippen LogP contribution in [0.2, 0.25) is 0 Å². The molecule has 20 heavy (non-hydrogen) atoms. The molecule has 0 bridgehead atoms. The molecule has 0 rings (SSSR count). The predicted octanol–water partition coefficient (Wildman–Crippen LogP) is 3.52. The van der Waals surface area contributed by atoms with Crippen LogP contribution < -0.4 is 0 Å². The summed E-state index contributed by atoms with van der Waals surface area (Å²) < 4.78 is 4.91.